The third-order valence-corrected chi connectivity index (χ3v) is 7.12. The molecule has 1 atom stereocenters. The van der Waals surface area contributed by atoms with Gasteiger partial charge in [-0.05, 0) is 71.9 Å². The molecule has 0 saturated heterocycles. The molecular formula is C30H30ClLiN2O5S. The summed E-state index contributed by atoms with van der Waals surface area (Å²) in [6, 6.07) is 19.5. The van der Waals surface area contributed by atoms with Crippen LogP contribution in [0, 0.1) is 6.92 Å². The van der Waals surface area contributed by atoms with E-state index in [1.807, 2.05) is 67.8 Å². The predicted molar refractivity (Wildman–Crippen MR) is 155 cm³/mol. The summed E-state index contributed by atoms with van der Waals surface area (Å²) in [5.74, 6) is 0.134. The normalized spacial score (nSPS) is 11.5. The minimum atomic E-state index is -1.05. The first-order valence-corrected chi connectivity index (χ1v) is 14.1. The summed E-state index contributed by atoms with van der Waals surface area (Å²) in [5, 5.41) is 12.8. The van der Waals surface area contributed by atoms with E-state index in [-0.39, 0.29) is 33.5 Å². The smallest absolute Gasteiger partial charge is 1.00 e. The molecule has 10 heteroatoms. The Kier molecular flexibility index (Phi) is 11.9. The van der Waals surface area contributed by atoms with Crippen molar-refractivity contribution in [2.75, 3.05) is 12.0 Å². The van der Waals surface area contributed by atoms with E-state index in [0.29, 0.717) is 45.5 Å². The maximum Gasteiger partial charge on any atom is 1.00 e. The maximum atomic E-state index is 13.2. The van der Waals surface area contributed by atoms with Crippen LogP contribution in [0.5, 0.6) is 0 Å². The fourth-order valence-electron chi connectivity index (χ4n) is 4.11. The number of nitrogens with zero attached hydrogens (tertiary/aromatic N) is 1. The third-order valence-electron chi connectivity index (χ3n) is 6.15. The van der Waals surface area contributed by atoms with Crippen LogP contribution in [0.2, 0.25) is 5.02 Å². The fraction of sp³-hybridized carbons (Fsp3) is 0.233. The molecule has 0 bridgehead atoms. The zero-order valence-electron chi connectivity index (χ0n) is 23.6. The summed E-state index contributed by atoms with van der Waals surface area (Å²) >= 11 is 7.78. The third kappa shape index (κ3) is 8.03. The second-order valence-electron chi connectivity index (χ2n) is 8.94. The zero-order chi connectivity index (χ0) is 27.8. The summed E-state index contributed by atoms with van der Waals surface area (Å²) in [5.41, 5.74) is 4.56. The Morgan fingerprint density at radius 3 is 2.50 bits per heavy atom. The van der Waals surface area contributed by atoms with Gasteiger partial charge in [-0.25, -0.2) is 9.78 Å². The number of aliphatic carboxylic acids is 1. The van der Waals surface area contributed by atoms with Crippen molar-refractivity contribution in [2.24, 2.45) is 0 Å². The van der Waals surface area contributed by atoms with Crippen LogP contribution in [-0.4, -0.2) is 40.0 Å². The number of rotatable bonds is 12. The molecule has 0 aliphatic heterocycles. The van der Waals surface area contributed by atoms with Crippen molar-refractivity contribution in [1.82, 2.24) is 10.3 Å². The quantitative estimate of drug-likeness (QED) is 0.249. The van der Waals surface area contributed by atoms with Crippen LogP contribution in [0.25, 0.3) is 22.6 Å². The minimum Gasteiger partial charge on any atom is -1.00 e. The SMILES string of the molecule is CSCC[C@H](NC(=O)c1ccc(COCc2cnc(-c3ccccc3Cl)o2)cc1-c1ccccc1C)C(=O)O.[H-].[Li+]. The van der Waals surface area contributed by atoms with Crippen molar-refractivity contribution in [3.63, 3.8) is 0 Å². The topological polar surface area (TPSA) is 102 Å². The first-order chi connectivity index (χ1) is 18.9. The Balaban J connectivity index is 0.00000294. The predicted octanol–water partition coefficient (Wildman–Crippen LogP) is 3.74. The van der Waals surface area contributed by atoms with Gasteiger partial charge in [0, 0.05) is 5.56 Å². The van der Waals surface area contributed by atoms with Crippen molar-refractivity contribution < 1.29 is 44.1 Å². The molecule has 1 aromatic heterocycles. The molecule has 0 spiro atoms. The standard InChI is InChI=1S/C30H29ClN2O5S.Li.H/c1-19-7-3-4-8-22(19)25-15-20(11-12-23(25)28(34)33-27(30(35)36)13-14-39-2)17-37-18-21-16-32-29(38-21)24-9-5-6-10-26(24)31;;/h3-12,15-16,27H,13-14,17-18H2,1-2H3,(H,33,34)(H,35,36);;/q;+1;-1/t27-;;/m0../s1. The summed E-state index contributed by atoms with van der Waals surface area (Å²) in [7, 11) is 0. The van der Waals surface area contributed by atoms with Crippen LogP contribution < -0.4 is 24.2 Å². The van der Waals surface area contributed by atoms with Crippen LogP contribution >= 0.6 is 23.4 Å². The van der Waals surface area contributed by atoms with Gasteiger partial charge in [0.2, 0.25) is 5.89 Å². The number of amides is 1. The number of nitrogens with one attached hydrogen (secondary N) is 1. The van der Waals surface area contributed by atoms with E-state index in [0.717, 1.165) is 16.7 Å². The molecule has 4 aromatic rings. The molecule has 2 N–H and O–H groups in total. The van der Waals surface area contributed by atoms with Crippen LogP contribution in [0.3, 0.4) is 0 Å². The molecule has 4 rings (SSSR count). The van der Waals surface area contributed by atoms with E-state index in [1.54, 1.807) is 18.3 Å². The number of aryl methyl sites for hydroxylation is 1. The largest absolute Gasteiger partial charge is 1.00 e. The Bertz CT molecular complexity index is 1470. The molecule has 0 unspecified atom stereocenters. The van der Waals surface area contributed by atoms with Crippen molar-refractivity contribution in [3.05, 3.63) is 100 Å². The molecule has 0 aliphatic carbocycles. The van der Waals surface area contributed by atoms with Gasteiger partial charge in [0.25, 0.3) is 5.91 Å². The maximum absolute atomic E-state index is 13.2. The van der Waals surface area contributed by atoms with Crippen molar-refractivity contribution in [2.45, 2.75) is 32.6 Å². The first kappa shape index (κ1) is 31.5. The number of carboxylic acids is 1. The number of aromatic nitrogens is 1. The molecule has 0 fully saturated rings. The summed E-state index contributed by atoms with van der Waals surface area (Å²) < 4.78 is 11.7. The van der Waals surface area contributed by atoms with E-state index in [4.69, 9.17) is 20.8 Å². The Hall–Kier alpha value is -2.99. The van der Waals surface area contributed by atoms with Crippen LogP contribution in [0.1, 0.15) is 35.1 Å². The van der Waals surface area contributed by atoms with Crippen LogP contribution in [-0.2, 0) is 22.7 Å². The monoisotopic (exact) mass is 572 g/mol. The summed E-state index contributed by atoms with van der Waals surface area (Å²) in [4.78, 5) is 29.3. The Labute approximate surface area is 256 Å². The first-order valence-electron chi connectivity index (χ1n) is 12.4. The second-order valence-corrected chi connectivity index (χ2v) is 10.3. The molecule has 1 heterocycles. The number of carbonyl (C=O) groups is 2. The Morgan fingerprint density at radius 1 is 1.07 bits per heavy atom. The van der Waals surface area contributed by atoms with E-state index in [9.17, 15) is 14.7 Å². The van der Waals surface area contributed by atoms with Gasteiger partial charge < -0.3 is 21.0 Å². The van der Waals surface area contributed by atoms with Gasteiger partial charge in [0.1, 0.15) is 12.6 Å². The zero-order valence-corrected chi connectivity index (χ0v) is 24.2. The van der Waals surface area contributed by atoms with Gasteiger partial charge in [-0.15, -0.1) is 0 Å². The molecule has 204 valence electrons. The summed E-state index contributed by atoms with van der Waals surface area (Å²) in [6.07, 6.45) is 3.85. The molecular weight excluding hydrogens is 543 g/mol. The average Bonchev–Trinajstić information content (AvgIpc) is 3.40. The van der Waals surface area contributed by atoms with E-state index in [1.165, 1.54) is 11.8 Å². The second kappa shape index (κ2) is 15.1. The Morgan fingerprint density at radius 2 is 1.80 bits per heavy atom. The molecule has 1 amide bonds. The number of carboxylic acid groups (broad SMARTS) is 1. The summed E-state index contributed by atoms with van der Waals surface area (Å²) in [6.45, 7) is 2.45. The van der Waals surface area contributed by atoms with Crippen molar-refractivity contribution in [3.8, 4) is 22.6 Å². The van der Waals surface area contributed by atoms with Gasteiger partial charge in [0.15, 0.2) is 5.76 Å². The number of halogens is 1. The minimum absolute atomic E-state index is 0. The number of hydrogen-bond acceptors (Lipinski definition) is 6. The molecule has 0 saturated carbocycles. The van der Waals surface area contributed by atoms with E-state index < -0.39 is 17.9 Å². The van der Waals surface area contributed by atoms with Crippen LogP contribution in [0.4, 0.5) is 0 Å². The molecule has 3 aromatic carbocycles. The fourth-order valence-corrected chi connectivity index (χ4v) is 4.80. The molecule has 40 heavy (non-hydrogen) atoms. The van der Waals surface area contributed by atoms with Gasteiger partial charge in [-0.2, -0.15) is 11.8 Å². The van der Waals surface area contributed by atoms with Gasteiger partial charge >= 0.3 is 24.8 Å². The average molecular weight is 573 g/mol. The van der Waals surface area contributed by atoms with Gasteiger partial charge in [0.05, 0.1) is 23.4 Å². The number of oxazole rings is 1. The molecule has 7 nitrogen and oxygen atoms in total. The molecule has 0 aliphatic rings. The van der Waals surface area contributed by atoms with E-state index in [2.05, 4.69) is 10.3 Å². The van der Waals surface area contributed by atoms with Crippen molar-refractivity contribution in [1.29, 1.82) is 0 Å². The number of hydrogen-bond donors (Lipinski definition) is 2. The number of benzene rings is 3. The van der Waals surface area contributed by atoms with Gasteiger partial charge in [-0.1, -0.05) is 54.1 Å². The van der Waals surface area contributed by atoms with Crippen molar-refractivity contribution >= 4 is 35.2 Å². The number of thioether (sulfide) groups is 1. The number of ether oxygens (including phenoxy) is 1. The van der Waals surface area contributed by atoms with Crippen LogP contribution in [0.15, 0.2) is 77.3 Å². The number of carbonyl (C=O) groups excluding carboxylic acids is 1. The van der Waals surface area contributed by atoms with E-state index >= 15 is 0 Å². The molecule has 0 radical (unpaired) electrons. The van der Waals surface area contributed by atoms with Gasteiger partial charge in [-0.3, -0.25) is 4.79 Å².